The lowest BCUT2D eigenvalue weighted by atomic mass is 9.90. The number of aromatic nitrogens is 5. The van der Waals surface area contributed by atoms with Crippen LogP contribution in [0.5, 0.6) is 0 Å². The number of pyridine rings is 2. The first-order valence-electron chi connectivity index (χ1n) is 20.2. The van der Waals surface area contributed by atoms with Crippen molar-refractivity contribution in [3.63, 3.8) is 0 Å². The summed E-state index contributed by atoms with van der Waals surface area (Å²) in [5.41, 5.74) is 6.36. The van der Waals surface area contributed by atoms with Crippen molar-refractivity contribution in [2.24, 2.45) is 5.41 Å². The summed E-state index contributed by atoms with van der Waals surface area (Å²) in [4.78, 5) is 54.2. The van der Waals surface area contributed by atoms with Crippen molar-refractivity contribution >= 4 is 51.4 Å². The van der Waals surface area contributed by atoms with E-state index in [0.29, 0.717) is 64.2 Å². The standard InChI is InChI=1S/C43H50N10O5/c1-5-37(55)47-31-21-28(6-7-33(31)50-15-14-49(24-26(50)2)29-10-18-58-19-11-29)46-39-38-34(9-13-45-41(38)56)53(48-39)32-8-12-44-40(30(32)25-54)52-17-16-51-35(42(52)57)20-27-22-43(3,4)23-36(27)51/h5-9,12-13,20-21,26,29,54H,1,10-11,14-19,22-25H2,2-4H3,(H,45,56)(H,46,48)(H,47,55)/t26-/m0/s1. The Morgan fingerprint density at radius 3 is 2.67 bits per heavy atom. The molecule has 7 heterocycles. The number of carbonyl (C=O) groups is 2. The second-order valence-electron chi connectivity index (χ2n) is 16.7. The van der Waals surface area contributed by atoms with Crippen LogP contribution in [0.3, 0.4) is 0 Å². The number of piperazine rings is 1. The summed E-state index contributed by atoms with van der Waals surface area (Å²) >= 11 is 0. The second kappa shape index (κ2) is 14.9. The van der Waals surface area contributed by atoms with Crippen LogP contribution in [0.4, 0.5) is 28.7 Å². The highest BCUT2D eigenvalue weighted by Crippen LogP contribution is 2.40. The summed E-state index contributed by atoms with van der Waals surface area (Å²) in [7, 11) is 0. The number of fused-ring (bicyclic) bond motifs is 4. The number of ether oxygens (including phenoxy) is 1. The molecule has 4 N–H and O–H groups in total. The zero-order chi connectivity index (χ0) is 40.3. The molecule has 4 aromatic heterocycles. The summed E-state index contributed by atoms with van der Waals surface area (Å²) in [6, 6.07) is 11.9. The molecular formula is C43H50N10O5. The fraction of sp³-hybridized carbons (Fsp3) is 0.419. The van der Waals surface area contributed by atoms with Gasteiger partial charge in [0.2, 0.25) is 5.91 Å². The summed E-state index contributed by atoms with van der Waals surface area (Å²) in [5, 5.41) is 22.4. The van der Waals surface area contributed by atoms with Gasteiger partial charge in [0.25, 0.3) is 11.5 Å². The van der Waals surface area contributed by atoms with Gasteiger partial charge in [-0.25, -0.2) is 9.67 Å². The predicted molar refractivity (Wildman–Crippen MR) is 223 cm³/mol. The van der Waals surface area contributed by atoms with E-state index in [4.69, 9.17) is 9.84 Å². The van der Waals surface area contributed by atoms with Gasteiger partial charge in [0.15, 0.2) is 5.82 Å². The first-order chi connectivity index (χ1) is 28.0. The molecule has 2 saturated heterocycles. The molecule has 4 aliphatic rings. The molecule has 0 radical (unpaired) electrons. The van der Waals surface area contributed by atoms with Crippen LogP contribution in [0.2, 0.25) is 0 Å². The van der Waals surface area contributed by atoms with E-state index in [9.17, 15) is 19.5 Å². The Balaban J connectivity index is 1.04. The number of anilines is 5. The molecule has 0 saturated carbocycles. The Kier molecular flexibility index (Phi) is 9.69. The van der Waals surface area contributed by atoms with Gasteiger partial charge in [0.1, 0.15) is 16.9 Å². The Hall–Kier alpha value is -5.77. The number of aromatic amines is 1. The lowest BCUT2D eigenvalue weighted by molar-refractivity contribution is -0.111. The van der Waals surface area contributed by atoms with E-state index >= 15 is 0 Å². The molecule has 5 aromatic rings. The molecule has 302 valence electrons. The van der Waals surface area contributed by atoms with Crippen LogP contribution in [-0.2, 0) is 35.5 Å². The van der Waals surface area contributed by atoms with Crippen molar-refractivity contribution in [1.29, 1.82) is 0 Å². The molecule has 9 rings (SSSR count). The molecule has 15 nitrogen and oxygen atoms in total. The largest absolute Gasteiger partial charge is 0.391 e. The maximum Gasteiger partial charge on any atom is 0.276 e. The van der Waals surface area contributed by atoms with Crippen molar-refractivity contribution in [3.05, 3.63) is 94.3 Å². The van der Waals surface area contributed by atoms with E-state index in [1.54, 1.807) is 34.1 Å². The van der Waals surface area contributed by atoms with Crippen LogP contribution in [0.1, 0.15) is 60.9 Å². The van der Waals surface area contributed by atoms with Crippen molar-refractivity contribution in [3.8, 4) is 5.69 Å². The van der Waals surface area contributed by atoms with Gasteiger partial charge >= 0.3 is 0 Å². The first kappa shape index (κ1) is 37.8. The van der Waals surface area contributed by atoms with Gasteiger partial charge in [0, 0.05) is 87.4 Å². The fourth-order valence-corrected chi connectivity index (χ4v) is 9.53. The second-order valence-corrected chi connectivity index (χ2v) is 16.7. The number of nitrogens with one attached hydrogen (secondary N) is 3. The van der Waals surface area contributed by atoms with Gasteiger partial charge < -0.3 is 34.9 Å². The topological polar surface area (TPSA) is 166 Å². The van der Waals surface area contributed by atoms with Crippen molar-refractivity contribution in [2.45, 2.75) is 71.7 Å². The van der Waals surface area contributed by atoms with Gasteiger partial charge in [0.05, 0.1) is 29.2 Å². The maximum absolute atomic E-state index is 14.1. The number of benzene rings is 1. The molecule has 2 fully saturated rings. The van der Waals surface area contributed by atoms with Crippen LogP contribution in [-0.4, -0.2) is 97.6 Å². The number of hydrogen-bond donors (Lipinski definition) is 4. The van der Waals surface area contributed by atoms with Gasteiger partial charge in [-0.3, -0.25) is 24.2 Å². The first-order valence-corrected chi connectivity index (χ1v) is 20.2. The van der Waals surface area contributed by atoms with E-state index in [2.05, 4.69) is 62.3 Å². The number of aliphatic hydroxyl groups is 1. The predicted octanol–water partition coefficient (Wildman–Crippen LogP) is 4.75. The van der Waals surface area contributed by atoms with E-state index in [0.717, 1.165) is 64.2 Å². The smallest absolute Gasteiger partial charge is 0.276 e. The highest BCUT2D eigenvalue weighted by molar-refractivity contribution is 6.06. The fourth-order valence-electron chi connectivity index (χ4n) is 9.53. The molecule has 3 aliphatic heterocycles. The minimum Gasteiger partial charge on any atom is -0.391 e. The molecule has 0 unspecified atom stereocenters. The van der Waals surface area contributed by atoms with E-state index in [-0.39, 0.29) is 34.6 Å². The highest BCUT2D eigenvalue weighted by atomic mass is 16.5. The van der Waals surface area contributed by atoms with Gasteiger partial charge in [-0.2, -0.15) is 0 Å². The number of H-pyrrole nitrogens is 1. The highest BCUT2D eigenvalue weighted by Gasteiger charge is 2.38. The molecule has 2 amide bonds. The molecule has 15 heteroatoms. The minimum atomic E-state index is -0.420. The molecule has 1 aliphatic carbocycles. The molecule has 0 bridgehead atoms. The molecule has 0 spiro atoms. The van der Waals surface area contributed by atoms with E-state index in [1.807, 2.05) is 24.3 Å². The number of carbonyl (C=O) groups excluding carboxylic acids is 2. The van der Waals surface area contributed by atoms with Crippen molar-refractivity contribution in [2.75, 3.05) is 59.8 Å². The zero-order valence-electron chi connectivity index (χ0n) is 33.3. The minimum absolute atomic E-state index is 0.166. The Labute approximate surface area is 336 Å². The third kappa shape index (κ3) is 6.66. The maximum atomic E-state index is 14.1. The van der Waals surface area contributed by atoms with E-state index < -0.39 is 6.61 Å². The number of nitrogens with zero attached hydrogens (tertiary/aromatic N) is 7. The van der Waals surface area contributed by atoms with Crippen molar-refractivity contribution in [1.82, 2.24) is 29.2 Å². The SMILES string of the molecule is C=CC(=O)Nc1cc(Nc2nn(-c3ccnc(N4CCn5c(cc6c5CC(C)(C)C6)C4=O)c3CO)c3cc[nH]c(=O)c23)ccc1N1CCN(C2CCOCC2)C[C@@H]1C. The van der Waals surface area contributed by atoms with Crippen molar-refractivity contribution < 1.29 is 19.4 Å². The normalized spacial score (nSPS) is 19.7. The Morgan fingerprint density at radius 1 is 1.07 bits per heavy atom. The number of aliphatic hydroxyl groups excluding tert-OH is 1. The van der Waals surface area contributed by atoms with Crippen LogP contribution in [0.15, 0.2) is 66.2 Å². The van der Waals surface area contributed by atoms with Gasteiger partial charge in [-0.05, 0) is 86.1 Å². The zero-order valence-corrected chi connectivity index (χ0v) is 33.3. The molecular weight excluding hydrogens is 737 g/mol. The lowest BCUT2D eigenvalue weighted by Crippen LogP contribution is -2.56. The van der Waals surface area contributed by atoms with Gasteiger partial charge in [-0.1, -0.05) is 20.4 Å². The van der Waals surface area contributed by atoms with Crippen LogP contribution in [0.25, 0.3) is 16.6 Å². The number of rotatable bonds is 9. The Morgan fingerprint density at radius 2 is 1.90 bits per heavy atom. The summed E-state index contributed by atoms with van der Waals surface area (Å²) in [5.74, 6) is 0.120. The summed E-state index contributed by atoms with van der Waals surface area (Å²) < 4.78 is 9.35. The average Bonchev–Trinajstić information content (AvgIpc) is 3.86. The average molecular weight is 787 g/mol. The van der Waals surface area contributed by atoms with Crippen LogP contribution < -0.4 is 26.0 Å². The quantitative estimate of drug-likeness (QED) is 0.153. The van der Waals surface area contributed by atoms with Crippen LogP contribution in [0, 0.1) is 5.41 Å². The van der Waals surface area contributed by atoms with Gasteiger partial charge in [-0.15, -0.1) is 5.10 Å². The molecule has 1 aromatic carbocycles. The third-order valence-corrected chi connectivity index (χ3v) is 12.3. The molecule has 58 heavy (non-hydrogen) atoms. The number of amides is 2. The molecule has 1 atom stereocenters. The number of hydrogen-bond acceptors (Lipinski definition) is 10. The van der Waals surface area contributed by atoms with E-state index in [1.165, 1.54) is 17.3 Å². The van der Waals surface area contributed by atoms with Crippen LogP contribution >= 0.6 is 0 Å². The monoisotopic (exact) mass is 786 g/mol. The third-order valence-electron chi connectivity index (χ3n) is 12.3. The summed E-state index contributed by atoms with van der Waals surface area (Å²) in [6.45, 7) is 15.2. The summed E-state index contributed by atoms with van der Waals surface area (Å²) in [6.07, 6.45) is 8.33. The lowest BCUT2D eigenvalue weighted by Gasteiger charge is -2.45. The Bertz CT molecular complexity index is 2490.